The number of nitrogens with one attached hydrogen (secondary N) is 1. The molecular weight excluding hydrogens is 467 g/mol. The van der Waals surface area contributed by atoms with Gasteiger partial charge in [-0.15, -0.1) is 0 Å². The first kappa shape index (κ1) is 24.7. The molecule has 0 fully saturated rings. The molecule has 0 saturated heterocycles. The molecule has 0 bridgehead atoms. The van der Waals surface area contributed by atoms with E-state index in [9.17, 15) is 10.0 Å². The Morgan fingerprint density at radius 2 is 1.78 bits per heavy atom. The van der Waals surface area contributed by atoms with Crippen molar-refractivity contribution in [3.05, 3.63) is 83.6 Å². The summed E-state index contributed by atoms with van der Waals surface area (Å²) in [7, 11) is -1.53. The van der Waals surface area contributed by atoms with Crippen LogP contribution in [0.3, 0.4) is 0 Å². The van der Waals surface area contributed by atoms with Crippen LogP contribution in [-0.4, -0.2) is 44.9 Å². The normalized spacial score (nSPS) is 11.3. The molecule has 0 aliphatic rings. The number of rotatable bonds is 9. The van der Waals surface area contributed by atoms with Crippen LogP contribution in [0.2, 0.25) is 0 Å². The fraction of sp³-hybridized carbons (Fsp3) is 0.185. The van der Waals surface area contributed by atoms with Crippen molar-refractivity contribution in [3.63, 3.8) is 0 Å². The minimum Gasteiger partial charge on any atom is -0.490 e. The van der Waals surface area contributed by atoms with Crippen molar-refractivity contribution in [1.82, 2.24) is 14.5 Å². The number of para-hydroxylation sites is 1. The van der Waals surface area contributed by atoms with E-state index < -0.39 is 7.12 Å². The van der Waals surface area contributed by atoms with Gasteiger partial charge in [-0.2, -0.15) is 4.98 Å². The van der Waals surface area contributed by atoms with E-state index in [1.807, 2.05) is 54.0 Å². The van der Waals surface area contributed by atoms with Gasteiger partial charge in [0.05, 0.1) is 5.52 Å². The Balaban J connectivity index is 1.65. The van der Waals surface area contributed by atoms with Crippen molar-refractivity contribution in [3.8, 4) is 11.7 Å². The SMILES string of the molecule is Cc1cc2c(CN)cccc2n1-c1nc(NCc2cccc(B(O)O)c2)c2cccc(OCCN)c2n1. The lowest BCUT2D eigenvalue weighted by Crippen LogP contribution is -2.30. The molecule has 0 radical (unpaired) electrons. The second kappa shape index (κ2) is 10.6. The van der Waals surface area contributed by atoms with E-state index in [0.29, 0.717) is 54.7 Å². The number of hydrogen-bond acceptors (Lipinski definition) is 8. The fourth-order valence-electron chi connectivity index (χ4n) is 4.55. The maximum Gasteiger partial charge on any atom is 0.488 e. The zero-order valence-electron chi connectivity index (χ0n) is 20.6. The first-order valence-electron chi connectivity index (χ1n) is 12.1. The Morgan fingerprint density at radius 3 is 2.57 bits per heavy atom. The molecule has 37 heavy (non-hydrogen) atoms. The molecule has 0 aliphatic carbocycles. The molecular formula is C27H29BN6O3. The highest BCUT2D eigenvalue weighted by Gasteiger charge is 2.18. The number of anilines is 1. The molecule has 188 valence electrons. The smallest absolute Gasteiger partial charge is 0.488 e. The van der Waals surface area contributed by atoms with Gasteiger partial charge in [0.25, 0.3) is 0 Å². The number of benzene rings is 3. The molecule has 2 aromatic heterocycles. The van der Waals surface area contributed by atoms with Crippen molar-refractivity contribution in [2.75, 3.05) is 18.5 Å². The van der Waals surface area contributed by atoms with Gasteiger partial charge in [0.2, 0.25) is 5.95 Å². The van der Waals surface area contributed by atoms with Gasteiger partial charge in [0.15, 0.2) is 0 Å². The van der Waals surface area contributed by atoms with Crippen LogP contribution in [0.15, 0.2) is 66.7 Å². The molecule has 9 nitrogen and oxygen atoms in total. The highest BCUT2D eigenvalue weighted by atomic mass is 16.5. The van der Waals surface area contributed by atoms with Crippen molar-refractivity contribution >= 4 is 40.2 Å². The Morgan fingerprint density at radius 1 is 0.973 bits per heavy atom. The number of nitrogens with zero attached hydrogens (tertiary/aromatic N) is 3. The number of ether oxygens (including phenoxy) is 1. The summed E-state index contributed by atoms with van der Waals surface area (Å²) in [6.07, 6.45) is 0. The molecule has 0 unspecified atom stereocenters. The lowest BCUT2D eigenvalue weighted by Gasteiger charge is -2.15. The Bertz CT molecular complexity index is 1570. The molecule has 5 aromatic rings. The number of aryl methyl sites for hydroxylation is 1. The third kappa shape index (κ3) is 4.87. The lowest BCUT2D eigenvalue weighted by molar-refractivity contribution is 0.331. The first-order chi connectivity index (χ1) is 18.0. The Kier molecular flexibility index (Phi) is 7.07. The van der Waals surface area contributed by atoms with Crippen LogP contribution in [0.1, 0.15) is 16.8 Å². The van der Waals surface area contributed by atoms with Crippen LogP contribution >= 0.6 is 0 Å². The largest absolute Gasteiger partial charge is 0.490 e. The van der Waals surface area contributed by atoms with Gasteiger partial charge in [-0.05, 0) is 47.8 Å². The molecule has 0 saturated carbocycles. The quantitative estimate of drug-likeness (QED) is 0.195. The van der Waals surface area contributed by atoms with Crippen LogP contribution < -0.4 is 27.0 Å². The molecule has 0 amide bonds. The second-order valence-electron chi connectivity index (χ2n) is 8.81. The molecule has 0 atom stereocenters. The van der Waals surface area contributed by atoms with E-state index in [1.165, 1.54) is 0 Å². The topological polar surface area (TPSA) is 144 Å². The van der Waals surface area contributed by atoms with E-state index >= 15 is 0 Å². The summed E-state index contributed by atoms with van der Waals surface area (Å²) < 4.78 is 7.95. The zero-order chi connectivity index (χ0) is 25.9. The van der Waals surface area contributed by atoms with Gasteiger partial charge in [0.1, 0.15) is 23.7 Å². The summed E-state index contributed by atoms with van der Waals surface area (Å²) in [5.74, 6) is 1.75. The third-order valence-corrected chi connectivity index (χ3v) is 6.30. The summed E-state index contributed by atoms with van der Waals surface area (Å²) in [5, 5.41) is 24.4. The van der Waals surface area contributed by atoms with Crippen molar-refractivity contribution in [1.29, 1.82) is 0 Å². The maximum absolute atomic E-state index is 9.55. The fourth-order valence-corrected chi connectivity index (χ4v) is 4.55. The highest BCUT2D eigenvalue weighted by molar-refractivity contribution is 6.58. The monoisotopic (exact) mass is 496 g/mol. The molecule has 3 aromatic carbocycles. The molecule has 10 heteroatoms. The van der Waals surface area contributed by atoms with E-state index in [0.717, 1.165) is 33.1 Å². The van der Waals surface area contributed by atoms with Gasteiger partial charge >= 0.3 is 7.12 Å². The molecule has 5 rings (SSSR count). The van der Waals surface area contributed by atoms with Crippen LogP contribution in [0, 0.1) is 6.92 Å². The van der Waals surface area contributed by atoms with Crippen LogP contribution in [0.5, 0.6) is 5.75 Å². The Hall–Kier alpha value is -3.96. The van der Waals surface area contributed by atoms with E-state index in [-0.39, 0.29) is 0 Å². The standard InChI is InChI=1S/C27H29BN6O3/c1-17-13-22-19(15-30)6-3-9-23(22)34(17)27-32-25-21(8-4-10-24(25)37-12-11-29)26(33-27)31-16-18-5-2-7-20(14-18)28(35)36/h2-10,13-14,35-36H,11-12,15-16,29-30H2,1H3,(H,31,32,33). The summed E-state index contributed by atoms with van der Waals surface area (Å²) in [5.41, 5.74) is 16.7. The van der Waals surface area contributed by atoms with Crippen molar-refractivity contribution in [2.45, 2.75) is 20.0 Å². The average Bonchev–Trinajstić information content (AvgIpc) is 3.26. The second-order valence-corrected chi connectivity index (χ2v) is 8.81. The van der Waals surface area contributed by atoms with E-state index in [2.05, 4.69) is 11.4 Å². The van der Waals surface area contributed by atoms with Crippen LogP contribution in [-0.2, 0) is 13.1 Å². The van der Waals surface area contributed by atoms with Gasteiger partial charge < -0.3 is 31.6 Å². The molecule has 0 aliphatic heterocycles. The number of aromatic nitrogens is 3. The number of nitrogens with two attached hydrogens (primary N) is 2. The summed E-state index contributed by atoms with van der Waals surface area (Å²) in [6.45, 7) is 3.62. The summed E-state index contributed by atoms with van der Waals surface area (Å²) >= 11 is 0. The van der Waals surface area contributed by atoms with Gasteiger partial charge in [-0.1, -0.05) is 42.5 Å². The van der Waals surface area contributed by atoms with Crippen molar-refractivity contribution < 1.29 is 14.8 Å². The third-order valence-electron chi connectivity index (χ3n) is 6.30. The highest BCUT2D eigenvalue weighted by Crippen LogP contribution is 2.32. The minimum absolute atomic E-state index is 0.364. The molecule has 2 heterocycles. The van der Waals surface area contributed by atoms with E-state index in [4.69, 9.17) is 26.2 Å². The summed E-state index contributed by atoms with van der Waals surface area (Å²) in [4.78, 5) is 9.87. The Labute approximate surface area is 214 Å². The predicted octanol–water partition coefficient (Wildman–Crippen LogP) is 1.97. The minimum atomic E-state index is -1.53. The van der Waals surface area contributed by atoms with Crippen molar-refractivity contribution in [2.24, 2.45) is 11.5 Å². The average molecular weight is 496 g/mol. The first-order valence-corrected chi connectivity index (χ1v) is 12.1. The van der Waals surface area contributed by atoms with Gasteiger partial charge in [-0.25, -0.2) is 4.98 Å². The summed E-state index contributed by atoms with van der Waals surface area (Å²) in [6, 6.07) is 21.0. The molecule has 0 spiro atoms. The maximum atomic E-state index is 9.55. The van der Waals surface area contributed by atoms with Crippen LogP contribution in [0.4, 0.5) is 5.82 Å². The lowest BCUT2D eigenvalue weighted by atomic mass is 9.80. The van der Waals surface area contributed by atoms with Gasteiger partial charge in [0, 0.05) is 36.1 Å². The number of fused-ring (bicyclic) bond motifs is 2. The van der Waals surface area contributed by atoms with Gasteiger partial charge in [-0.3, -0.25) is 4.57 Å². The predicted molar refractivity (Wildman–Crippen MR) is 147 cm³/mol. The van der Waals surface area contributed by atoms with E-state index in [1.54, 1.807) is 18.2 Å². The van der Waals surface area contributed by atoms with Crippen LogP contribution in [0.25, 0.3) is 27.8 Å². The number of hydrogen-bond donors (Lipinski definition) is 5. The zero-order valence-corrected chi connectivity index (χ0v) is 20.6. The molecule has 7 N–H and O–H groups in total.